The molecule has 38 heavy (non-hydrogen) atoms. The van der Waals surface area contributed by atoms with Gasteiger partial charge >= 0.3 is 0 Å². The van der Waals surface area contributed by atoms with Crippen LogP contribution in [0.2, 0.25) is 0 Å². The first kappa shape index (κ1) is 26.8. The zero-order chi connectivity index (χ0) is 27.8. The van der Waals surface area contributed by atoms with Gasteiger partial charge in [-0.1, -0.05) is 36.4 Å². The number of carbonyl (C=O) groups excluding carboxylic acids is 2. The first-order valence-corrected chi connectivity index (χ1v) is 12.4. The fraction of sp³-hybridized carbons (Fsp3) is 0.290. The van der Waals surface area contributed by atoms with Crippen LogP contribution in [0.25, 0.3) is 5.76 Å². The number of phenolic OH excluding ortho intramolecular Hbond substituents is 1. The van der Waals surface area contributed by atoms with E-state index in [1.165, 1.54) is 24.1 Å². The lowest BCUT2D eigenvalue weighted by Crippen LogP contribution is -2.30. The zero-order valence-electron chi connectivity index (χ0n) is 22.5. The molecule has 2 N–H and O–H groups in total. The molecule has 1 amide bonds. The van der Waals surface area contributed by atoms with Gasteiger partial charge in [-0.2, -0.15) is 0 Å². The van der Waals surface area contributed by atoms with Gasteiger partial charge in [-0.05, 0) is 75.6 Å². The highest BCUT2D eigenvalue weighted by molar-refractivity contribution is 6.46. The number of para-hydroxylation sites is 1. The van der Waals surface area contributed by atoms with Crippen LogP contribution in [0.1, 0.15) is 54.6 Å². The van der Waals surface area contributed by atoms with Gasteiger partial charge in [-0.15, -0.1) is 0 Å². The molecule has 1 fully saturated rings. The van der Waals surface area contributed by atoms with Gasteiger partial charge in [-0.3, -0.25) is 9.59 Å². The summed E-state index contributed by atoms with van der Waals surface area (Å²) in [7, 11) is 1.50. The molecular weight excluding hydrogens is 482 g/mol. The van der Waals surface area contributed by atoms with Crippen LogP contribution in [-0.4, -0.2) is 39.5 Å². The first-order valence-electron chi connectivity index (χ1n) is 12.4. The van der Waals surface area contributed by atoms with Gasteiger partial charge in [0.15, 0.2) is 0 Å². The summed E-state index contributed by atoms with van der Waals surface area (Å²) < 4.78 is 11.7. The number of rotatable bonds is 6. The molecule has 0 radical (unpaired) electrons. The molecule has 1 heterocycles. The number of ether oxygens (including phenoxy) is 2. The van der Waals surface area contributed by atoms with E-state index < -0.39 is 23.3 Å². The molecule has 3 aromatic rings. The third kappa shape index (κ3) is 5.23. The van der Waals surface area contributed by atoms with Crippen molar-refractivity contribution in [2.45, 2.75) is 52.8 Å². The fourth-order valence-corrected chi connectivity index (χ4v) is 4.84. The van der Waals surface area contributed by atoms with Crippen molar-refractivity contribution in [2.24, 2.45) is 0 Å². The summed E-state index contributed by atoms with van der Waals surface area (Å²) >= 11 is 0. The second-order valence-corrected chi connectivity index (χ2v) is 10.5. The number of aryl methyl sites for hydroxylation is 2. The standard InChI is InChI=1S/C31H33NO6/c1-18-15-19(2)29(37-6)23(16-18)27(34)25-26(20-11-13-22(33)14-12-20)32(30(36)28(25)35)17-21-9-7-8-10-24(21)38-31(3,4)5/h7-16,26,33-34H,17H2,1-6H3/b27-25+. The molecule has 1 atom stereocenters. The van der Waals surface area contributed by atoms with Crippen LogP contribution in [-0.2, 0) is 16.1 Å². The number of amides is 1. The number of carbonyl (C=O) groups is 2. The van der Waals surface area contributed by atoms with E-state index in [-0.39, 0.29) is 23.6 Å². The molecule has 0 aromatic heterocycles. The molecule has 1 saturated heterocycles. The van der Waals surface area contributed by atoms with Crippen molar-refractivity contribution in [3.8, 4) is 17.2 Å². The minimum atomic E-state index is -0.899. The van der Waals surface area contributed by atoms with E-state index >= 15 is 0 Å². The second-order valence-electron chi connectivity index (χ2n) is 10.5. The third-order valence-electron chi connectivity index (χ3n) is 6.36. The Hall–Kier alpha value is -4.26. The second kappa shape index (κ2) is 10.2. The highest BCUT2D eigenvalue weighted by Gasteiger charge is 2.46. The predicted octanol–water partition coefficient (Wildman–Crippen LogP) is 5.82. The van der Waals surface area contributed by atoms with E-state index in [1.807, 2.05) is 65.0 Å². The third-order valence-corrected chi connectivity index (χ3v) is 6.36. The quantitative estimate of drug-likeness (QED) is 0.244. The Labute approximate surface area is 222 Å². The van der Waals surface area contributed by atoms with E-state index in [4.69, 9.17) is 9.47 Å². The summed E-state index contributed by atoms with van der Waals surface area (Å²) in [5.74, 6) is -0.776. The number of benzene rings is 3. The molecular formula is C31H33NO6. The van der Waals surface area contributed by atoms with Crippen molar-refractivity contribution in [3.63, 3.8) is 0 Å². The lowest BCUT2D eigenvalue weighted by Gasteiger charge is -2.28. The monoisotopic (exact) mass is 515 g/mol. The van der Waals surface area contributed by atoms with E-state index in [1.54, 1.807) is 18.2 Å². The van der Waals surface area contributed by atoms with E-state index in [9.17, 15) is 19.8 Å². The Morgan fingerprint density at radius 3 is 2.29 bits per heavy atom. The number of phenols is 1. The van der Waals surface area contributed by atoms with E-state index in [0.717, 1.165) is 16.7 Å². The zero-order valence-corrected chi connectivity index (χ0v) is 22.5. The van der Waals surface area contributed by atoms with Crippen LogP contribution in [0, 0.1) is 13.8 Å². The van der Waals surface area contributed by atoms with Gasteiger partial charge in [0, 0.05) is 5.56 Å². The molecule has 4 rings (SSSR count). The van der Waals surface area contributed by atoms with E-state index in [0.29, 0.717) is 22.6 Å². The van der Waals surface area contributed by atoms with Crippen molar-refractivity contribution >= 4 is 17.4 Å². The minimum absolute atomic E-state index is 0.0433. The van der Waals surface area contributed by atoms with E-state index in [2.05, 4.69) is 0 Å². The minimum Gasteiger partial charge on any atom is -0.508 e. The van der Waals surface area contributed by atoms with Crippen LogP contribution in [0.4, 0.5) is 0 Å². The summed E-state index contributed by atoms with van der Waals surface area (Å²) in [6.07, 6.45) is 0. The molecule has 0 bridgehead atoms. The van der Waals surface area contributed by atoms with Crippen molar-refractivity contribution < 1.29 is 29.3 Å². The smallest absolute Gasteiger partial charge is 0.295 e. The molecule has 0 spiro atoms. The van der Waals surface area contributed by atoms with Crippen molar-refractivity contribution in [2.75, 3.05) is 7.11 Å². The summed E-state index contributed by atoms with van der Waals surface area (Å²) in [6, 6.07) is 16.4. The number of hydrogen-bond acceptors (Lipinski definition) is 6. The molecule has 7 heteroatoms. The molecule has 198 valence electrons. The molecule has 1 unspecified atom stereocenters. The molecule has 0 aliphatic carbocycles. The fourth-order valence-electron chi connectivity index (χ4n) is 4.84. The average Bonchev–Trinajstić information content (AvgIpc) is 3.09. The maximum Gasteiger partial charge on any atom is 0.295 e. The number of likely N-dealkylation sites (tertiary alicyclic amines) is 1. The number of nitrogens with zero attached hydrogens (tertiary/aromatic N) is 1. The van der Waals surface area contributed by atoms with Gasteiger partial charge < -0.3 is 24.6 Å². The highest BCUT2D eigenvalue weighted by atomic mass is 16.5. The number of ketones is 1. The van der Waals surface area contributed by atoms with Crippen molar-refractivity contribution in [1.29, 1.82) is 0 Å². The summed E-state index contributed by atoms with van der Waals surface area (Å²) in [4.78, 5) is 28.5. The van der Waals surface area contributed by atoms with Gasteiger partial charge in [0.1, 0.15) is 28.6 Å². The van der Waals surface area contributed by atoms with Gasteiger partial charge in [0.25, 0.3) is 11.7 Å². The van der Waals surface area contributed by atoms with Gasteiger partial charge in [0.05, 0.1) is 30.8 Å². The number of methoxy groups -OCH3 is 1. The normalized spacial score (nSPS) is 17.1. The lowest BCUT2D eigenvalue weighted by molar-refractivity contribution is -0.140. The SMILES string of the molecule is COc1c(C)cc(C)cc1/C(O)=C1\C(=O)C(=O)N(Cc2ccccc2OC(C)(C)C)C1c1ccc(O)cc1. The maximum atomic E-state index is 13.5. The first-order chi connectivity index (χ1) is 17.9. The van der Waals surface area contributed by atoms with Crippen LogP contribution in [0.3, 0.4) is 0 Å². The largest absolute Gasteiger partial charge is 0.508 e. The van der Waals surface area contributed by atoms with Crippen LogP contribution in [0.5, 0.6) is 17.2 Å². The summed E-state index contributed by atoms with van der Waals surface area (Å²) in [5.41, 5.74) is 2.77. The number of hydrogen-bond donors (Lipinski definition) is 2. The highest BCUT2D eigenvalue weighted by Crippen LogP contribution is 2.43. The Morgan fingerprint density at radius 1 is 1.00 bits per heavy atom. The average molecular weight is 516 g/mol. The predicted molar refractivity (Wildman–Crippen MR) is 145 cm³/mol. The van der Waals surface area contributed by atoms with Crippen LogP contribution in [0.15, 0.2) is 66.2 Å². The molecule has 7 nitrogen and oxygen atoms in total. The Bertz CT molecular complexity index is 1420. The molecule has 0 saturated carbocycles. The molecule has 1 aliphatic heterocycles. The molecule has 3 aromatic carbocycles. The van der Waals surface area contributed by atoms with Crippen LogP contribution >= 0.6 is 0 Å². The summed E-state index contributed by atoms with van der Waals surface area (Å²) in [6.45, 7) is 9.61. The topological polar surface area (TPSA) is 96.3 Å². The van der Waals surface area contributed by atoms with Crippen molar-refractivity contribution in [1.82, 2.24) is 4.90 Å². The maximum absolute atomic E-state index is 13.5. The van der Waals surface area contributed by atoms with Crippen molar-refractivity contribution in [3.05, 3.63) is 94.1 Å². The number of aliphatic hydroxyl groups is 1. The number of aliphatic hydroxyl groups excluding tert-OH is 1. The Balaban J connectivity index is 1.90. The Kier molecular flexibility index (Phi) is 7.22. The van der Waals surface area contributed by atoms with Crippen LogP contribution < -0.4 is 9.47 Å². The number of Topliss-reactive ketones (excluding diaryl/α,β-unsaturated/α-hetero) is 1. The van der Waals surface area contributed by atoms with Gasteiger partial charge in [0.2, 0.25) is 0 Å². The Morgan fingerprint density at radius 2 is 1.66 bits per heavy atom. The van der Waals surface area contributed by atoms with Gasteiger partial charge in [-0.25, -0.2) is 0 Å². The lowest BCUT2D eigenvalue weighted by atomic mass is 9.93. The molecule has 1 aliphatic rings. The summed E-state index contributed by atoms with van der Waals surface area (Å²) in [5, 5.41) is 21.5. The number of aromatic hydroxyl groups is 1.